The first-order chi connectivity index (χ1) is 6.61. The highest BCUT2D eigenvalue weighted by Crippen LogP contribution is 2.29. The topological polar surface area (TPSA) is 22.1 Å². The normalized spacial score (nSPS) is 10.7. The van der Waals surface area contributed by atoms with Gasteiger partial charge in [0.05, 0.1) is 7.11 Å². The molecule has 0 bridgehead atoms. The van der Waals surface area contributed by atoms with Crippen LogP contribution in [0.3, 0.4) is 0 Å². The minimum atomic E-state index is -2.74. The first-order valence-electron chi connectivity index (χ1n) is 3.67. The number of hydrogen-bond acceptors (Lipinski definition) is 2. The van der Waals surface area contributed by atoms with Crippen LogP contribution in [0.5, 0.6) is 5.88 Å². The Hall–Kier alpha value is -0.780. The van der Waals surface area contributed by atoms with Crippen molar-refractivity contribution in [3.8, 4) is 5.88 Å². The van der Waals surface area contributed by atoms with Gasteiger partial charge >= 0.3 is 0 Å². The molecule has 0 aromatic carbocycles. The molecule has 6 heteroatoms. The van der Waals surface area contributed by atoms with Gasteiger partial charge in [-0.2, -0.15) is 0 Å². The molecule has 0 radical (unpaired) electrons. The molecule has 1 heterocycles. The minimum Gasteiger partial charge on any atom is -0.479 e. The largest absolute Gasteiger partial charge is 0.479 e. The van der Waals surface area contributed by atoms with Gasteiger partial charge < -0.3 is 4.74 Å². The molecule has 14 heavy (non-hydrogen) atoms. The van der Waals surface area contributed by atoms with Crippen molar-refractivity contribution in [2.75, 3.05) is 7.11 Å². The van der Waals surface area contributed by atoms with Gasteiger partial charge in [0.25, 0.3) is 6.43 Å². The van der Waals surface area contributed by atoms with Gasteiger partial charge in [-0.1, -0.05) is 15.9 Å². The van der Waals surface area contributed by atoms with E-state index < -0.39 is 17.8 Å². The SMILES string of the molecule is COc1ncc(C(F)F)c(CBr)c1F. The highest BCUT2D eigenvalue weighted by Gasteiger charge is 2.19. The molecule has 78 valence electrons. The summed E-state index contributed by atoms with van der Waals surface area (Å²) in [5.74, 6) is -1.12. The summed E-state index contributed by atoms with van der Waals surface area (Å²) in [4.78, 5) is 3.43. The van der Waals surface area contributed by atoms with Crippen molar-refractivity contribution in [2.24, 2.45) is 0 Å². The van der Waals surface area contributed by atoms with Crippen molar-refractivity contribution in [3.63, 3.8) is 0 Å². The molecule has 0 aliphatic heterocycles. The fraction of sp³-hybridized carbons (Fsp3) is 0.375. The lowest BCUT2D eigenvalue weighted by molar-refractivity contribution is 0.149. The first-order valence-corrected chi connectivity index (χ1v) is 4.79. The molecular weight excluding hydrogens is 263 g/mol. The average molecular weight is 270 g/mol. The van der Waals surface area contributed by atoms with Crippen molar-refractivity contribution < 1.29 is 17.9 Å². The fourth-order valence-corrected chi connectivity index (χ4v) is 1.55. The number of alkyl halides is 3. The van der Waals surface area contributed by atoms with E-state index in [2.05, 4.69) is 25.7 Å². The summed E-state index contributed by atoms with van der Waals surface area (Å²) in [6.45, 7) is 0. The molecule has 2 nitrogen and oxygen atoms in total. The van der Waals surface area contributed by atoms with Gasteiger partial charge in [-0.3, -0.25) is 0 Å². The van der Waals surface area contributed by atoms with E-state index >= 15 is 0 Å². The van der Waals surface area contributed by atoms with Crippen LogP contribution in [0.4, 0.5) is 13.2 Å². The molecule has 0 N–H and O–H groups in total. The summed E-state index contributed by atoms with van der Waals surface area (Å²) < 4.78 is 42.6. The number of pyridine rings is 1. The maximum Gasteiger partial charge on any atom is 0.265 e. The monoisotopic (exact) mass is 269 g/mol. The smallest absolute Gasteiger partial charge is 0.265 e. The second-order valence-corrected chi connectivity index (χ2v) is 3.01. The molecule has 0 atom stereocenters. The maximum atomic E-state index is 13.3. The van der Waals surface area contributed by atoms with Gasteiger partial charge in [0, 0.05) is 22.7 Å². The van der Waals surface area contributed by atoms with Gasteiger partial charge in [0.1, 0.15) is 0 Å². The molecule has 0 aliphatic carbocycles. The Morgan fingerprint density at radius 2 is 2.21 bits per heavy atom. The van der Waals surface area contributed by atoms with Crippen molar-refractivity contribution >= 4 is 15.9 Å². The number of halogens is 4. The highest BCUT2D eigenvalue weighted by atomic mass is 79.9. The standard InChI is InChI=1S/C8H7BrF3NO/c1-14-8-6(10)4(2-9)5(3-13-8)7(11)12/h3,7H,2H2,1H3. The Bertz CT molecular complexity index is 333. The Morgan fingerprint density at radius 1 is 1.57 bits per heavy atom. The summed E-state index contributed by atoms with van der Waals surface area (Å²) in [5, 5.41) is -0.00259. The molecule has 1 aromatic heterocycles. The van der Waals surface area contributed by atoms with Gasteiger partial charge in [0.15, 0.2) is 5.82 Å². The van der Waals surface area contributed by atoms with E-state index in [0.29, 0.717) is 0 Å². The average Bonchev–Trinajstić information content (AvgIpc) is 2.17. The first kappa shape index (κ1) is 11.3. The van der Waals surface area contributed by atoms with Crippen LogP contribution in [0.25, 0.3) is 0 Å². The zero-order valence-corrected chi connectivity index (χ0v) is 8.82. The predicted molar refractivity (Wildman–Crippen MR) is 48.3 cm³/mol. The van der Waals surface area contributed by atoms with E-state index in [1.54, 1.807) is 0 Å². The molecule has 0 saturated carbocycles. The van der Waals surface area contributed by atoms with Crippen LogP contribution in [0.1, 0.15) is 17.6 Å². The summed E-state index contributed by atoms with van der Waals surface area (Å²) in [7, 11) is 1.23. The summed E-state index contributed by atoms with van der Waals surface area (Å²) >= 11 is 2.93. The summed E-state index contributed by atoms with van der Waals surface area (Å²) in [5.41, 5.74) is -0.535. The van der Waals surface area contributed by atoms with Crippen molar-refractivity contribution in [1.82, 2.24) is 4.98 Å². The summed E-state index contributed by atoms with van der Waals surface area (Å²) in [6.07, 6.45) is -1.82. The van der Waals surface area contributed by atoms with Crippen molar-refractivity contribution in [3.05, 3.63) is 23.1 Å². The molecule has 1 aromatic rings. The maximum absolute atomic E-state index is 13.3. The Labute approximate surface area is 87.2 Å². The zero-order valence-electron chi connectivity index (χ0n) is 7.23. The molecule has 0 unspecified atom stereocenters. The van der Waals surface area contributed by atoms with Crippen LogP contribution in [0.2, 0.25) is 0 Å². The molecule has 0 spiro atoms. The molecule has 0 aliphatic rings. The molecular formula is C8H7BrF3NO. The third-order valence-corrected chi connectivity index (χ3v) is 2.24. The second kappa shape index (κ2) is 4.63. The van der Waals surface area contributed by atoms with Crippen molar-refractivity contribution in [1.29, 1.82) is 0 Å². The third kappa shape index (κ3) is 2.00. The van der Waals surface area contributed by atoms with Crippen molar-refractivity contribution in [2.45, 2.75) is 11.8 Å². The third-order valence-electron chi connectivity index (χ3n) is 1.68. The van der Waals surface area contributed by atoms with E-state index in [9.17, 15) is 13.2 Å². The number of rotatable bonds is 3. The van der Waals surface area contributed by atoms with Gasteiger partial charge in [-0.05, 0) is 0 Å². The van der Waals surface area contributed by atoms with E-state index in [1.807, 2.05) is 0 Å². The lowest BCUT2D eigenvalue weighted by atomic mass is 10.1. The molecule has 0 saturated heterocycles. The number of hydrogen-bond donors (Lipinski definition) is 0. The Morgan fingerprint density at radius 3 is 2.64 bits per heavy atom. The highest BCUT2D eigenvalue weighted by molar-refractivity contribution is 9.08. The van der Waals surface area contributed by atoms with Crippen LogP contribution in [0, 0.1) is 5.82 Å². The van der Waals surface area contributed by atoms with Gasteiger partial charge in [-0.15, -0.1) is 0 Å². The second-order valence-electron chi connectivity index (χ2n) is 2.45. The quantitative estimate of drug-likeness (QED) is 0.787. The zero-order chi connectivity index (χ0) is 10.7. The Kier molecular flexibility index (Phi) is 3.74. The molecule has 1 rings (SSSR count). The van der Waals surface area contributed by atoms with Crippen LogP contribution in [-0.4, -0.2) is 12.1 Å². The number of aromatic nitrogens is 1. The fourth-order valence-electron chi connectivity index (χ4n) is 0.985. The Balaban J connectivity index is 3.28. The summed E-state index contributed by atoms with van der Waals surface area (Å²) in [6, 6.07) is 0. The number of ether oxygens (including phenoxy) is 1. The number of nitrogens with zero attached hydrogens (tertiary/aromatic N) is 1. The van der Waals surface area contributed by atoms with E-state index in [-0.39, 0.29) is 16.8 Å². The lowest BCUT2D eigenvalue weighted by Crippen LogP contribution is -2.02. The molecule has 0 amide bonds. The van der Waals surface area contributed by atoms with Crippen LogP contribution >= 0.6 is 15.9 Å². The van der Waals surface area contributed by atoms with Crippen LogP contribution < -0.4 is 4.74 Å². The van der Waals surface area contributed by atoms with Gasteiger partial charge in [0.2, 0.25) is 5.88 Å². The van der Waals surface area contributed by atoms with Gasteiger partial charge in [-0.25, -0.2) is 18.2 Å². The predicted octanol–water partition coefficient (Wildman–Crippen LogP) is 3.06. The van der Waals surface area contributed by atoms with Crippen LogP contribution in [-0.2, 0) is 5.33 Å². The van der Waals surface area contributed by atoms with E-state index in [4.69, 9.17) is 0 Å². The minimum absolute atomic E-state index is 0.00259. The lowest BCUT2D eigenvalue weighted by Gasteiger charge is -2.09. The van der Waals surface area contributed by atoms with Crippen LogP contribution in [0.15, 0.2) is 6.20 Å². The van der Waals surface area contributed by atoms with E-state index in [0.717, 1.165) is 6.20 Å². The number of methoxy groups -OCH3 is 1. The van der Waals surface area contributed by atoms with E-state index in [1.165, 1.54) is 7.11 Å². The molecule has 0 fully saturated rings.